The molecule has 1 heterocycles. The summed E-state index contributed by atoms with van der Waals surface area (Å²) >= 11 is 0. The van der Waals surface area contributed by atoms with Crippen LogP contribution in [0.5, 0.6) is 17.2 Å². The van der Waals surface area contributed by atoms with E-state index in [9.17, 15) is 9.59 Å². The number of methoxy groups -OCH3 is 1. The van der Waals surface area contributed by atoms with Crippen LogP contribution in [0.15, 0.2) is 47.6 Å². The highest BCUT2D eigenvalue weighted by atomic mass is 16.7. The first-order chi connectivity index (χ1) is 13.1. The van der Waals surface area contributed by atoms with Crippen LogP contribution in [-0.2, 0) is 16.0 Å². The molecule has 0 aromatic heterocycles. The Morgan fingerprint density at radius 1 is 1.11 bits per heavy atom. The zero-order chi connectivity index (χ0) is 19.1. The Labute approximate surface area is 156 Å². The highest BCUT2D eigenvalue weighted by molar-refractivity contribution is 5.87. The average molecular weight is 369 g/mol. The minimum Gasteiger partial charge on any atom is -0.497 e. The second-order valence-corrected chi connectivity index (χ2v) is 5.71. The van der Waals surface area contributed by atoms with Crippen LogP contribution in [0.1, 0.15) is 11.1 Å². The standard InChI is InChI=1S/C19H19N3O5/c1-25-15-5-2-13(3-6-15)9-18(23)20-11-19(24)22-21-10-14-4-7-16-17(8-14)27-12-26-16/h2-8,10H,9,11-12H2,1H3,(H,20,23)(H,22,24)/b21-10-. The molecule has 27 heavy (non-hydrogen) atoms. The van der Waals surface area contributed by atoms with Crippen LogP contribution in [0, 0.1) is 0 Å². The first kappa shape index (κ1) is 18.2. The smallest absolute Gasteiger partial charge is 0.259 e. The van der Waals surface area contributed by atoms with Crippen molar-refractivity contribution in [2.45, 2.75) is 6.42 Å². The zero-order valence-corrected chi connectivity index (χ0v) is 14.7. The molecular formula is C19H19N3O5. The van der Waals surface area contributed by atoms with Gasteiger partial charge in [-0.2, -0.15) is 5.10 Å². The molecule has 1 aliphatic heterocycles. The molecule has 8 heteroatoms. The maximum atomic E-state index is 11.9. The molecule has 2 amide bonds. The maximum Gasteiger partial charge on any atom is 0.259 e. The fourth-order valence-corrected chi connectivity index (χ4v) is 2.38. The zero-order valence-electron chi connectivity index (χ0n) is 14.7. The Morgan fingerprint density at radius 2 is 1.89 bits per heavy atom. The van der Waals surface area contributed by atoms with E-state index < -0.39 is 5.91 Å². The highest BCUT2D eigenvalue weighted by Crippen LogP contribution is 2.31. The Bertz CT molecular complexity index is 849. The summed E-state index contributed by atoms with van der Waals surface area (Å²) in [5.74, 6) is 1.36. The number of nitrogens with zero attached hydrogens (tertiary/aromatic N) is 1. The summed E-state index contributed by atoms with van der Waals surface area (Å²) in [6.07, 6.45) is 1.66. The van der Waals surface area contributed by atoms with Crippen LogP contribution in [0.2, 0.25) is 0 Å². The molecule has 0 radical (unpaired) electrons. The third-order valence-electron chi connectivity index (χ3n) is 3.77. The number of fused-ring (bicyclic) bond motifs is 1. The molecule has 0 saturated carbocycles. The molecule has 2 aromatic carbocycles. The minimum atomic E-state index is -0.421. The number of hydrazone groups is 1. The van der Waals surface area contributed by atoms with Crippen molar-refractivity contribution in [3.8, 4) is 17.2 Å². The van der Waals surface area contributed by atoms with Crippen molar-refractivity contribution in [1.29, 1.82) is 0 Å². The normalized spacial score (nSPS) is 12.0. The highest BCUT2D eigenvalue weighted by Gasteiger charge is 2.12. The Kier molecular flexibility index (Phi) is 5.88. The number of carbonyl (C=O) groups is 2. The molecule has 1 aliphatic rings. The van der Waals surface area contributed by atoms with Crippen molar-refractivity contribution >= 4 is 18.0 Å². The lowest BCUT2D eigenvalue weighted by atomic mass is 10.1. The van der Waals surface area contributed by atoms with Gasteiger partial charge < -0.3 is 19.5 Å². The quantitative estimate of drug-likeness (QED) is 0.565. The molecule has 0 spiro atoms. The summed E-state index contributed by atoms with van der Waals surface area (Å²) in [6, 6.07) is 12.5. The Morgan fingerprint density at radius 3 is 2.67 bits per heavy atom. The van der Waals surface area contributed by atoms with Crippen molar-refractivity contribution < 1.29 is 23.8 Å². The predicted molar refractivity (Wildman–Crippen MR) is 98.0 cm³/mol. The molecule has 2 aromatic rings. The van der Waals surface area contributed by atoms with E-state index >= 15 is 0 Å². The van der Waals surface area contributed by atoms with Gasteiger partial charge in [-0.3, -0.25) is 9.59 Å². The van der Waals surface area contributed by atoms with E-state index in [0.717, 1.165) is 16.9 Å². The molecule has 140 valence electrons. The third kappa shape index (κ3) is 5.21. The van der Waals surface area contributed by atoms with E-state index in [1.807, 2.05) is 0 Å². The van der Waals surface area contributed by atoms with Gasteiger partial charge >= 0.3 is 0 Å². The van der Waals surface area contributed by atoms with Crippen molar-refractivity contribution in [1.82, 2.24) is 10.7 Å². The van der Waals surface area contributed by atoms with E-state index in [2.05, 4.69) is 15.8 Å². The fraction of sp³-hybridized carbons (Fsp3) is 0.211. The summed E-state index contributed by atoms with van der Waals surface area (Å²) in [4.78, 5) is 23.6. The van der Waals surface area contributed by atoms with Gasteiger partial charge in [0, 0.05) is 0 Å². The summed E-state index contributed by atoms with van der Waals surface area (Å²) in [7, 11) is 1.58. The topological polar surface area (TPSA) is 98.2 Å². The van der Waals surface area contributed by atoms with Gasteiger partial charge in [0.05, 0.1) is 26.3 Å². The predicted octanol–water partition coefficient (Wildman–Crippen LogP) is 1.23. The van der Waals surface area contributed by atoms with Crippen LogP contribution in [0.25, 0.3) is 0 Å². The van der Waals surface area contributed by atoms with E-state index in [1.165, 1.54) is 6.21 Å². The van der Waals surface area contributed by atoms with Crippen LogP contribution >= 0.6 is 0 Å². The monoisotopic (exact) mass is 369 g/mol. The van der Waals surface area contributed by atoms with E-state index in [-0.39, 0.29) is 25.7 Å². The van der Waals surface area contributed by atoms with E-state index in [1.54, 1.807) is 49.6 Å². The number of ether oxygens (including phenoxy) is 3. The number of hydrogen-bond donors (Lipinski definition) is 2. The summed E-state index contributed by atoms with van der Waals surface area (Å²) in [6.45, 7) is 0.0381. The van der Waals surface area contributed by atoms with Crippen molar-refractivity contribution in [2.24, 2.45) is 5.10 Å². The maximum absolute atomic E-state index is 11.9. The molecular weight excluding hydrogens is 350 g/mol. The summed E-state index contributed by atoms with van der Waals surface area (Å²) < 4.78 is 15.6. The Hall–Kier alpha value is -3.55. The van der Waals surface area contributed by atoms with Gasteiger partial charge in [0.15, 0.2) is 11.5 Å². The first-order valence-corrected chi connectivity index (χ1v) is 8.25. The number of carbonyl (C=O) groups excluding carboxylic acids is 2. The average Bonchev–Trinajstić information content (AvgIpc) is 3.15. The lowest BCUT2D eigenvalue weighted by Crippen LogP contribution is -2.35. The van der Waals surface area contributed by atoms with E-state index in [4.69, 9.17) is 14.2 Å². The number of nitrogens with one attached hydrogen (secondary N) is 2. The van der Waals surface area contributed by atoms with Gasteiger partial charge in [-0.25, -0.2) is 5.43 Å². The fourth-order valence-electron chi connectivity index (χ4n) is 2.38. The van der Waals surface area contributed by atoms with Crippen LogP contribution in [0.4, 0.5) is 0 Å². The second-order valence-electron chi connectivity index (χ2n) is 5.71. The van der Waals surface area contributed by atoms with Crippen molar-refractivity contribution in [3.05, 3.63) is 53.6 Å². The largest absolute Gasteiger partial charge is 0.497 e. The first-order valence-electron chi connectivity index (χ1n) is 8.25. The van der Waals surface area contributed by atoms with Gasteiger partial charge in [-0.05, 0) is 41.5 Å². The number of hydrogen-bond acceptors (Lipinski definition) is 6. The second kappa shape index (κ2) is 8.70. The molecule has 0 aliphatic carbocycles. The summed E-state index contributed by atoms with van der Waals surface area (Å²) in [5.41, 5.74) is 3.94. The van der Waals surface area contributed by atoms with Crippen molar-refractivity contribution in [2.75, 3.05) is 20.4 Å². The lowest BCUT2D eigenvalue weighted by Gasteiger charge is -2.05. The SMILES string of the molecule is COc1ccc(CC(=O)NCC(=O)N/N=C\c2ccc3c(c2)OCO3)cc1. The molecule has 0 fully saturated rings. The molecule has 8 nitrogen and oxygen atoms in total. The van der Waals surface area contributed by atoms with Crippen LogP contribution in [-0.4, -0.2) is 38.5 Å². The van der Waals surface area contributed by atoms with Gasteiger partial charge in [0.2, 0.25) is 12.7 Å². The molecule has 0 saturated heterocycles. The third-order valence-corrected chi connectivity index (χ3v) is 3.77. The van der Waals surface area contributed by atoms with Gasteiger partial charge in [0.1, 0.15) is 5.75 Å². The van der Waals surface area contributed by atoms with Gasteiger partial charge in [0.25, 0.3) is 5.91 Å². The number of rotatable bonds is 7. The molecule has 3 rings (SSSR count). The summed E-state index contributed by atoms with van der Waals surface area (Å²) in [5, 5.41) is 6.41. The van der Waals surface area contributed by atoms with E-state index in [0.29, 0.717) is 11.5 Å². The van der Waals surface area contributed by atoms with Crippen LogP contribution < -0.4 is 25.0 Å². The number of amides is 2. The number of benzene rings is 2. The van der Waals surface area contributed by atoms with Crippen molar-refractivity contribution in [3.63, 3.8) is 0 Å². The molecule has 0 atom stereocenters. The molecule has 0 bridgehead atoms. The van der Waals surface area contributed by atoms with Crippen LogP contribution in [0.3, 0.4) is 0 Å². The Balaban J connectivity index is 1.40. The molecule has 0 unspecified atom stereocenters. The lowest BCUT2D eigenvalue weighted by molar-refractivity contribution is -0.125. The minimum absolute atomic E-state index is 0.159. The van der Waals surface area contributed by atoms with Gasteiger partial charge in [-0.15, -0.1) is 0 Å². The van der Waals surface area contributed by atoms with Gasteiger partial charge in [-0.1, -0.05) is 12.1 Å². The molecule has 2 N–H and O–H groups in total.